The third kappa shape index (κ3) is 3.83. The number of hydrogen-bond acceptors (Lipinski definition) is 3. The average Bonchev–Trinajstić information content (AvgIpc) is 3.16. The highest BCUT2D eigenvalue weighted by Gasteiger charge is 2.12. The van der Waals surface area contributed by atoms with Crippen molar-refractivity contribution in [1.82, 2.24) is 14.1 Å². The van der Waals surface area contributed by atoms with Crippen molar-refractivity contribution in [2.45, 2.75) is 13.0 Å². The zero-order valence-corrected chi connectivity index (χ0v) is 15.2. The SMILES string of the molecule is O=C(Cn1cncc1Cc1ccccc1)c1ccn(-c2ccccc2)c(=O)c1. The fraction of sp³-hybridized carbons (Fsp3) is 0.0870. The molecule has 0 atom stereocenters. The van der Waals surface area contributed by atoms with Crippen LogP contribution >= 0.6 is 0 Å². The molecule has 0 bridgehead atoms. The van der Waals surface area contributed by atoms with Crippen molar-refractivity contribution in [3.63, 3.8) is 0 Å². The van der Waals surface area contributed by atoms with Crippen LogP contribution < -0.4 is 5.56 Å². The lowest BCUT2D eigenvalue weighted by atomic mass is 10.1. The molecule has 138 valence electrons. The van der Waals surface area contributed by atoms with Gasteiger partial charge in [0.05, 0.1) is 12.9 Å². The number of nitrogens with zero attached hydrogens (tertiary/aromatic N) is 3. The van der Waals surface area contributed by atoms with Gasteiger partial charge in [-0.05, 0) is 23.8 Å². The molecule has 0 amide bonds. The molecule has 5 heteroatoms. The van der Waals surface area contributed by atoms with Crippen molar-refractivity contribution >= 4 is 5.78 Å². The number of hydrogen-bond donors (Lipinski definition) is 0. The van der Waals surface area contributed by atoms with Crippen molar-refractivity contribution in [2.24, 2.45) is 0 Å². The van der Waals surface area contributed by atoms with Gasteiger partial charge in [0.1, 0.15) is 0 Å². The van der Waals surface area contributed by atoms with Crippen molar-refractivity contribution in [2.75, 3.05) is 0 Å². The molecule has 2 aromatic heterocycles. The van der Waals surface area contributed by atoms with E-state index < -0.39 is 0 Å². The predicted molar refractivity (Wildman–Crippen MR) is 108 cm³/mol. The van der Waals surface area contributed by atoms with Crippen LogP contribution in [-0.2, 0) is 13.0 Å². The number of ketones is 1. The number of pyridine rings is 1. The van der Waals surface area contributed by atoms with Crippen molar-refractivity contribution < 1.29 is 4.79 Å². The number of Topliss-reactive ketones (excluding diaryl/α,β-unsaturated/α-hetero) is 1. The molecular formula is C23H19N3O2. The summed E-state index contributed by atoms with van der Waals surface area (Å²) in [5.74, 6) is -0.121. The summed E-state index contributed by atoms with van der Waals surface area (Å²) in [6.45, 7) is 0.150. The van der Waals surface area contributed by atoms with Gasteiger partial charge in [0.2, 0.25) is 0 Å². The lowest BCUT2D eigenvalue weighted by molar-refractivity contribution is 0.0971. The van der Waals surface area contributed by atoms with Crippen molar-refractivity contribution in [3.05, 3.63) is 119 Å². The topological polar surface area (TPSA) is 56.9 Å². The highest BCUT2D eigenvalue weighted by atomic mass is 16.1. The molecule has 4 rings (SSSR count). The molecule has 0 fully saturated rings. The predicted octanol–water partition coefficient (Wildman–Crippen LogP) is 3.51. The summed E-state index contributed by atoms with van der Waals surface area (Å²) in [7, 11) is 0. The Balaban J connectivity index is 1.53. The number of para-hydroxylation sites is 1. The normalized spacial score (nSPS) is 10.7. The van der Waals surface area contributed by atoms with Crippen LogP contribution in [0.2, 0.25) is 0 Å². The second-order valence-electron chi connectivity index (χ2n) is 6.56. The van der Waals surface area contributed by atoms with Gasteiger partial charge in [-0.2, -0.15) is 0 Å². The van der Waals surface area contributed by atoms with Gasteiger partial charge < -0.3 is 4.57 Å². The van der Waals surface area contributed by atoms with E-state index in [1.807, 2.05) is 65.2 Å². The molecule has 0 spiro atoms. The first-order valence-electron chi connectivity index (χ1n) is 9.05. The van der Waals surface area contributed by atoms with E-state index in [0.29, 0.717) is 12.0 Å². The van der Waals surface area contributed by atoms with Gasteiger partial charge in [-0.3, -0.25) is 14.2 Å². The fourth-order valence-corrected chi connectivity index (χ4v) is 3.14. The van der Waals surface area contributed by atoms with Crippen LogP contribution in [0.1, 0.15) is 21.6 Å². The highest BCUT2D eigenvalue weighted by molar-refractivity contribution is 5.95. The molecule has 5 nitrogen and oxygen atoms in total. The molecule has 2 aromatic carbocycles. The summed E-state index contributed by atoms with van der Waals surface area (Å²) in [6, 6.07) is 22.5. The second-order valence-corrected chi connectivity index (χ2v) is 6.56. The number of imidazole rings is 1. The number of benzene rings is 2. The molecule has 28 heavy (non-hydrogen) atoms. The highest BCUT2D eigenvalue weighted by Crippen LogP contribution is 2.11. The zero-order chi connectivity index (χ0) is 19.3. The Morgan fingerprint density at radius 1 is 0.929 bits per heavy atom. The Hall–Kier alpha value is -3.73. The molecule has 0 saturated heterocycles. The van der Waals surface area contributed by atoms with E-state index in [2.05, 4.69) is 4.98 Å². The fourth-order valence-electron chi connectivity index (χ4n) is 3.14. The Morgan fingerprint density at radius 2 is 1.64 bits per heavy atom. The van der Waals surface area contributed by atoms with Crippen molar-refractivity contribution in [1.29, 1.82) is 0 Å². The minimum absolute atomic E-state index is 0.121. The summed E-state index contributed by atoms with van der Waals surface area (Å²) in [4.78, 5) is 29.3. The lowest BCUT2D eigenvalue weighted by Gasteiger charge is -2.09. The summed E-state index contributed by atoms with van der Waals surface area (Å²) < 4.78 is 3.35. The molecule has 0 aliphatic heterocycles. The molecule has 0 saturated carbocycles. The smallest absolute Gasteiger partial charge is 0.255 e. The Kier molecular flexibility index (Phi) is 4.97. The van der Waals surface area contributed by atoms with E-state index in [-0.39, 0.29) is 17.9 Å². The molecule has 4 aromatic rings. The third-order valence-corrected chi connectivity index (χ3v) is 4.62. The van der Waals surface area contributed by atoms with Crippen LogP contribution in [0.5, 0.6) is 0 Å². The largest absolute Gasteiger partial charge is 0.326 e. The monoisotopic (exact) mass is 369 g/mol. The van der Waals surface area contributed by atoms with Crippen LogP contribution in [0, 0.1) is 0 Å². The molecule has 0 radical (unpaired) electrons. The first-order valence-corrected chi connectivity index (χ1v) is 9.05. The number of carbonyl (C=O) groups excluding carboxylic acids is 1. The molecule has 0 unspecified atom stereocenters. The third-order valence-electron chi connectivity index (χ3n) is 4.62. The molecule has 0 aliphatic rings. The Labute approximate surface area is 162 Å². The summed E-state index contributed by atoms with van der Waals surface area (Å²) in [6.07, 6.45) is 5.77. The first-order chi connectivity index (χ1) is 13.7. The van der Waals surface area contributed by atoms with Crippen LogP contribution in [0.4, 0.5) is 0 Å². The second kappa shape index (κ2) is 7.88. The summed E-state index contributed by atoms with van der Waals surface area (Å²) >= 11 is 0. The average molecular weight is 369 g/mol. The molecular weight excluding hydrogens is 350 g/mol. The number of aromatic nitrogens is 3. The van der Waals surface area contributed by atoms with E-state index in [0.717, 1.165) is 16.9 Å². The molecule has 0 aliphatic carbocycles. The molecule has 2 heterocycles. The van der Waals surface area contributed by atoms with Crippen LogP contribution in [0.3, 0.4) is 0 Å². The standard InChI is InChI=1S/C23H19N3O2/c27-22(16-25-17-24-15-21(25)13-18-7-3-1-4-8-18)19-11-12-26(23(28)14-19)20-9-5-2-6-10-20/h1-12,14-15,17H,13,16H2. The van der Waals surface area contributed by atoms with E-state index in [1.165, 1.54) is 10.6 Å². The van der Waals surface area contributed by atoms with Gasteiger partial charge in [0.25, 0.3) is 5.56 Å². The maximum Gasteiger partial charge on any atom is 0.255 e. The number of carbonyl (C=O) groups is 1. The minimum Gasteiger partial charge on any atom is -0.326 e. The Morgan fingerprint density at radius 3 is 2.36 bits per heavy atom. The quantitative estimate of drug-likeness (QED) is 0.489. The number of rotatable bonds is 6. The zero-order valence-electron chi connectivity index (χ0n) is 15.2. The van der Waals surface area contributed by atoms with Gasteiger partial charge in [0, 0.05) is 41.8 Å². The van der Waals surface area contributed by atoms with E-state index in [1.54, 1.807) is 24.8 Å². The van der Waals surface area contributed by atoms with Gasteiger partial charge in [-0.15, -0.1) is 0 Å². The summed E-state index contributed by atoms with van der Waals surface area (Å²) in [5.41, 5.74) is 3.05. The van der Waals surface area contributed by atoms with E-state index in [9.17, 15) is 9.59 Å². The first kappa shape index (κ1) is 17.7. The van der Waals surface area contributed by atoms with E-state index in [4.69, 9.17) is 0 Å². The minimum atomic E-state index is -0.229. The van der Waals surface area contributed by atoms with Gasteiger partial charge in [-0.25, -0.2) is 4.98 Å². The maximum atomic E-state index is 12.7. The van der Waals surface area contributed by atoms with Crippen LogP contribution in [-0.4, -0.2) is 19.9 Å². The van der Waals surface area contributed by atoms with Crippen LogP contribution in [0.15, 0.2) is 96.3 Å². The van der Waals surface area contributed by atoms with Crippen molar-refractivity contribution in [3.8, 4) is 5.69 Å². The van der Waals surface area contributed by atoms with Gasteiger partial charge in [0.15, 0.2) is 5.78 Å². The van der Waals surface area contributed by atoms with E-state index >= 15 is 0 Å². The summed E-state index contributed by atoms with van der Waals surface area (Å²) in [5, 5.41) is 0. The van der Waals surface area contributed by atoms with Crippen LogP contribution in [0.25, 0.3) is 5.69 Å². The maximum absolute atomic E-state index is 12.7. The lowest BCUT2D eigenvalue weighted by Crippen LogP contribution is -2.20. The molecule has 0 N–H and O–H groups in total. The Bertz CT molecular complexity index is 1150. The van der Waals surface area contributed by atoms with Gasteiger partial charge in [-0.1, -0.05) is 48.5 Å². The van der Waals surface area contributed by atoms with Gasteiger partial charge >= 0.3 is 0 Å².